The van der Waals surface area contributed by atoms with Crippen molar-refractivity contribution in [3.05, 3.63) is 254 Å². The van der Waals surface area contributed by atoms with Crippen molar-refractivity contribution in [3.8, 4) is 44.5 Å². The summed E-state index contributed by atoms with van der Waals surface area (Å²) in [6.07, 6.45) is 37.4. The molecular formula is C70H78N4+4. The van der Waals surface area contributed by atoms with E-state index >= 15 is 0 Å². The minimum Gasteiger partial charge on any atom is -0.205 e. The van der Waals surface area contributed by atoms with E-state index < -0.39 is 0 Å². The highest BCUT2D eigenvalue weighted by Crippen LogP contribution is 2.26. The molecule has 9 rings (SSSR count). The maximum atomic E-state index is 2.69. The maximum absolute atomic E-state index is 2.69. The summed E-state index contributed by atoms with van der Waals surface area (Å²) < 4.78 is 9.54. The van der Waals surface area contributed by atoms with Crippen molar-refractivity contribution in [2.45, 2.75) is 129 Å². The highest BCUT2D eigenvalue weighted by Gasteiger charge is 2.14. The van der Waals surface area contributed by atoms with Crippen LogP contribution in [0.2, 0.25) is 0 Å². The zero-order valence-electron chi connectivity index (χ0n) is 43.9. The number of hydrogen-bond donors (Lipinski definition) is 0. The molecule has 0 fully saturated rings. The lowest BCUT2D eigenvalue weighted by Crippen LogP contribution is -2.32. The molecule has 0 amide bonds. The van der Waals surface area contributed by atoms with Gasteiger partial charge in [0.1, 0.15) is 26.2 Å². The van der Waals surface area contributed by atoms with Gasteiger partial charge in [0, 0.05) is 72.2 Å². The Morgan fingerprint density at radius 1 is 0.203 bits per heavy atom. The van der Waals surface area contributed by atoms with Crippen molar-refractivity contribution in [2.24, 2.45) is 0 Å². The fraction of sp³-hybridized carbons (Fsp3) is 0.286. The average Bonchev–Trinajstić information content (AvgIpc) is 3.46. The van der Waals surface area contributed by atoms with Gasteiger partial charge in [0.2, 0.25) is 0 Å². The smallest absolute Gasteiger partial charge is 0.176 e. The van der Waals surface area contributed by atoms with Crippen LogP contribution in [0.25, 0.3) is 44.5 Å². The molecule has 9 aromatic rings. The van der Waals surface area contributed by atoms with Gasteiger partial charge in [-0.25, -0.2) is 18.3 Å². The van der Waals surface area contributed by atoms with Crippen molar-refractivity contribution < 1.29 is 18.3 Å². The van der Waals surface area contributed by atoms with Crippen LogP contribution in [0.4, 0.5) is 0 Å². The monoisotopic (exact) mass is 975 g/mol. The fourth-order valence-electron chi connectivity index (χ4n) is 10.7. The SMILES string of the molecule is c1ccc(-c2ccc[n+](CCCCCc3cc(CCCCC[n+]4cccc(-c5ccccc5)c4)c(CCCCC[n+]4cccc(-c5ccccc5)c4)cc3CCCCC[n+]3cccc(-c4ccccc4)c3)c2)cc1. The molecule has 0 bridgehead atoms. The molecule has 0 aliphatic rings. The molecule has 74 heavy (non-hydrogen) atoms. The van der Waals surface area contributed by atoms with Crippen LogP contribution in [0.5, 0.6) is 0 Å². The third-order valence-electron chi connectivity index (χ3n) is 14.8. The molecule has 0 unspecified atom stereocenters. The molecule has 0 spiro atoms. The highest BCUT2D eigenvalue weighted by atomic mass is 14.9. The average molecular weight is 975 g/mol. The Kier molecular flexibility index (Phi) is 19.7. The van der Waals surface area contributed by atoms with Crippen LogP contribution < -0.4 is 18.3 Å². The van der Waals surface area contributed by atoms with Gasteiger partial charge in [0.25, 0.3) is 0 Å². The fourth-order valence-corrected chi connectivity index (χ4v) is 10.7. The van der Waals surface area contributed by atoms with Gasteiger partial charge >= 0.3 is 0 Å². The zero-order valence-corrected chi connectivity index (χ0v) is 43.9. The van der Waals surface area contributed by atoms with Gasteiger partial charge in [-0.3, -0.25) is 0 Å². The summed E-state index contributed by atoms with van der Waals surface area (Å²) in [4.78, 5) is 0. The van der Waals surface area contributed by atoms with E-state index in [4.69, 9.17) is 0 Å². The van der Waals surface area contributed by atoms with Gasteiger partial charge in [0.05, 0.1) is 0 Å². The van der Waals surface area contributed by atoms with Crippen molar-refractivity contribution in [1.29, 1.82) is 0 Å². The van der Waals surface area contributed by atoms with Crippen molar-refractivity contribution in [2.75, 3.05) is 0 Å². The highest BCUT2D eigenvalue weighted by molar-refractivity contribution is 5.63. The lowest BCUT2D eigenvalue weighted by molar-refractivity contribution is -0.697. The van der Waals surface area contributed by atoms with Crippen LogP contribution in [0, 0.1) is 0 Å². The first kappa shape index (κ1) is 51.6. The van der Waals surface area contributed by atoms with Gasteiger partial charge in [-0.15, -0.1) is 0 Å². The molecule has 4 nitrogen and oxygen atoms in total. The van der Waals surface area contributed by atoms with E-state index in [-0.39, 0.29) is 0 Å². The van der Waals surface area contributed by atoms with Gasteiger partial charge in [-0.2, -0.15) is 0 Å². The zero-order chi connectivity index (χ0) is 50.2. The molecule has 0 radical (unpaired) electrons. The van der Waals surface area contributed by atoms with Crippen LogP contribution in [0.3, 0.4) is 0 Å². The molecule has 0 N–H and O–H groups in total. The summed E-state index contributed by atoms with van der Waals surface area (Å²) in [5, 5.41) is 0. The number of unbranched alkanes of at least 4 members (excludes halogenated alkanes) is 8. The number of rotatable bonds is 28. The van der Waals surface area contributed by atoms with Crippen molar-refractivity contribution in [1.82, 2.24) is 0 Å². The van der Waals surface area contributed by atoms with Crippen molar-refractivity contribution >= 4 is 0 Å². The second kappa shape index (κ2) is 28.2. The van der Waals surface area contributed by atoms with Gasteiger partial charge in [-0.05, 0) is 146 Å². The predicted octanol–water partition coefficient (Wildman–Crippen LogP) is 15.2. The van der Waals surface area contributed by atoms with E-state index in [0.29, 0.717) is 0 Å². The molecule has 0 aliphatic heterocycles. The number of hydrogen-bond acceptors (Lipinski definition) is 0. The lowest BCUT2D eigenvalue weighted by Gasteiger charge is -2.17. The van der Waals surface area contributed by atoms with E-state index in [9.17, 15) is 0 Å². The van der Waals surface area contributed by atoms with Crippen LogP contribution in [0.15, 0.2) is 232 Å². The van der Waals surface area contributed by atoms with Crippen LogP contribution in [0.1, 0.15) is 99.3 Å². The number of benzene rings is 5. The van der Waals surface area contributed by atoms with Crippen LogP contribution >= 0.6 is 0 Å². The Morgan fingerprint density at radius 3 is 0.649 bits per heavy atom. The maximum Gasteiger partial charge on any atom is 0.176 e. The summed E-state index contributed by atoms with van der Waals surface area (Å²) >= 11 is 0. The van der Waals surface area contributed by atoms with Crippen LogP contribution in [-0.2, 0) is 51.9 Å². The number of pyridine rings is 4. The first-order valence-electron chi connectivity index (χ1n) is 28.0. The second-order valence-electron chi connectivity index (χ2n) is 20.4. The molecule has 0 saturated heterocycles. The number of aryl methyl sites for hydroxylation is 8. The molecule has 374 valence electrons. The van der Waals surface area contributed by atoms with E-state index in [0.717, 1.165) is 51.9 Å². The molecule has 0 saturated carbocycles. The van der Waals surface area contributed by atoms with Crippen LogP contribution in [-0.4, -0.2) is 0 Å². The Hall–Kier alpha value is -7.30. The second-order valence-corrected chi connectivity index (χ2v) is 20.4. The molecular weight excluding hydrogens is 897 g/mol. The largest absolute Gasteiger partial charge is 0.205 e. The third-order valence-corrected chi connectivity index (χ3v) is 14.8. The summed E-state index contributed by atoms with van der Waals surface area (Å²) in [5.74, 6) is 0. The topological polar surface area (TPSA) is 15.5 Å². The van der Waals surface area contributed by atoms with E-state index in [1.807, 2.05) is 0 Å². The van der Waals surface area contributed by atoms with E-state index in [1.54, 1.807) is 22.3 Å². The Balaban J connectivity index is 0.862. The van der Waals surface area contributed by atoms with Gasteiger partial charge in [0.15, 0.2) is 49.6 Å². The molecule has 4 heteroatoms. The Labute approximate surface area is 443 Å². The van der Waals surface area contributed by atoms with Gasteiger partial charge in [-0.1, -0.05) is 133 Å². The number of nitrogens with zero attached hydrogens (tertiary/aromatic N) is 4. The predicted molar refractivity (Wildman–Crippen MR) is 305 cm³/mol. The normalized spacial score (nSPS) is 11.2. The minimum atomic E-state index is 1.05. The molecule has 4 aromatic heterocycles. The van der Waals surface area contributed by atoms with E-state index in [1.165, 1.54) is 122 Å². The minimum absolute atomic E-state index is 1.05. The summed E-state index contributed by atoms with van der Waals surface area (Å²) in [5.41, 5.74) is 16.7. The molecule has 0 atom stereocenters. The standard InChI is InChI=1S/C70H78N4/c1-9-29-59(30-10-1)67-41-25-49-71(55-67)45-21-5-17-37-63-53-65(39-19-7-23-47-73-51-27-43-69(57-73)61-33-13-3-14-34-61)66(40-20-8-24-48-74-52-28-44-70(58-74)62-35-15-4-16-36-62)54-64(63)38-18-6-22-46-72-50-26-42-68(56-72)60-31-11-2-12-32-60/h1-4,9-16,25-36,41-44,49-58H,5-8,17-24,37-40,45-48H2/q+4. The number of aromatic nitrogens is 4. The van der Waals surface area contributed by atoms with E-state index in [2.05, 4.69) is 250 Å². The van der Waals surface area contributed by atoms with Crippen molar-refractivity contribution in [3.63, 3.8) is 0 Å². The summed E-state index contributed by atoms with van der Waals surface area (Å²) in [6.45, 7) is 4.21. The summed E-state index contributed by atoms with van der Waals surface area (Å²) in [7, 11) is 0. The quantitative estimate of drug-likeness (QED) is 0.0343. The first-order valence-corrected chi connectivity index (χ1v) is 28.0. The molecule has 4 heterocycles. The summed E-state index contributed by atoms with van der Waals surface area (Å²) in [6, 6.07) is 66.2. The molecule has 5 aromatic carbocycles. The molecule has 0 aliphatic carbocycles. The Morgan fingerprint density at radius 2 is 0.419 bits per heavy atom. The third kappa shape index (κ3) is 15.8. The lowest BCUT2D eigenvalue weighted by atomic mass is 9.88. The Bertz CT molecular complexity index is 2650. The first-order chi connectivity index (χ1) is 36.7. The van der Waals surface area contributed by atoms with Gasteiger partial charge < -0.3 is 0 Å².